The molecule has 4 fully saturated rings. The van der Waals surface area contributed by atoms with E-state index in [-0.39, 0.29) is 24.2 Å². The molecule has 5 aliphatic carbocycles. The number of allylic oxidation sites excluding steroid dienone is 1. The van der Waals surface area contributed by atoms with Crippen molar-refractivity contribution in [1.29, 1.82) is 0 Å². The van der Waals surface area contributed by atoms with E-state index in [1.165, 1.54) is 0 Å². The molecule has 0 N–H and O–H groups in total. The van der Waals surface area contributed by atoms with Crippen LogP contribution in [0.5, 0.6) is 0 Å². The van der Waals surface area contributed by atoms with E-state index >= 15 is 0 Å². The van der Waals surface area contributed by atoms with Gasteiger partial charge in [-0.15, -0.1) is 0 Å². The Labute approximate surface area is 160 Å². The third-order valence-electron chi connectivity index (χ3n) is 7.54. The van der Waals surface area contributed by atoms with Gasteiger partial charge in [-0.2, -0.15) is 0 Å². The molecule has 7 heteroatoms. The van der Waals surface area contributed by atoms with Gasteiger partial charge in [-0.05, 0) is 57.8 Å². The summed E-state index contributed by atoms with van der Waals surface area (Å²) < 4.78 is 39.6. The summed E-state index contributed by atoms with van der Waals surface area (Å²) in [5.74, 6) is 0.256. The predicted octanol–water partition coefficient (Wildman–Crippen LogP) is 2.73. The summed E-state index contributed by atoms with van der Waals surface area (Å²) in [6.45, 7) is 3.60. The summed E-state index contributed by atoms with van der Waals surface area (Å²) >= 11 is 0. The van der Waals surface area contributed by atoms with Gasteiger partial charge < -0.3 is 9.29 Å². The zero-order valence-corrected chi connectivity index (χ0v) is 16.8. The van der Waals surface area contributed by atoms with Crippen LogP contribution in [0.3, 0.4) is 0 Å². The van der Waals surface area contributed by atoms with E-state index in [1.54, 1.807) is 6.92 Å². The maximum Gasteiger partial charge on any atom is 0.310 e. The van der Waals surface area contributed by atoms with Crippen LogP contribution in [0.4, 0.5) is 0 Å². The molecule has 0 amide bonds. The van der Waals surface area contributed by atoms with Crippen molar-refractivity contribution < 1.29 is 27.3 Å². The number of carbonyl (C=O) groups is 2. The Hall–Kier alpha value is -1.21. The van der Waals surface area contributed by atoms with E-state index < -0.39 is 26.9 Å². The lowest BCUT2D eigenvalue weighted by molar-refractivity contribution is -0.188. The summed E-state index contributed by atoms with van der Waals surface area (Å²) in [6.07, 6.45) is 5.41. The number of ether oxygens (including phenoxy) is 1. The first-order valence-corrected chi connectivity index (χ1v) is 11.4. The molecule has 4 bridgehead atoms. The normalized spacial score (nSPS) is 40.7. The zero-order valence-electron chi connectivity index (χ0n) is 16.0. The van der Waals surface area contributed by atoms with Crippen molar-refractivity contribution in [2.75, 3.05) is 5.75 Å². The van der Waals surface area contributed by atoms with Crippen molar-refractivity contribution in [2.24, 2.45) is 23.2 Å². The van der Waals surface area contributed by atoms with Crippen molar-refractivity contribution in [2.45, 2.75) is 70.8 Å². The maximum atomic E-state index is 12.7. The van der Waals surface area contributed by atoms with Crippen LogP contribution in [0, 0.1) is 23.2 Å². The summed E-state index contributed by atoms with van der Waals surface area (Å²) in [7, 11) is -4.32. The van der Waals surface area contributed by atoms with Crippen LogP contribution in [0.15, 0.2) is 11.1 Å². The molecule has 0 aliphatic heterocycles. The van der Waals surface area contributed by atoms with Gasteiger partial charge in [0.05, 0.1) is 16.5 Å². The lowest BCUT2D eigenvalue weighted by Crippen LogP contribution is -2.56. The molecule has 0 radical (unpaired) electrons. The average Bonchev–Trinajstić information content (AvgIpc) is 2.77. The van der Waals surface area contributed by atoms with Crippen LogP contribution in [0.1, 0.15) is 65.2 Å². The molecule has 0 aromatic heterocycles. The Kier molecular flexibility index (Phi) is 4.35. The second-order valence-electron chi connectivity index (χ2n) is 9.57. The van der Waals surface area contributed by atoms with Gasteiger partial charge in [0.15, 0.2) is 0 Å². The fourth-order valence-electron chi connectivity index (χ4n) is 6.27. The third-order valence-corrected chi connectivity index (χ3v) is 8.53. The molecule has 0 saturated heterocycles. The molecular weight excluding hydrogens is 368 g/mol. The van der Waals surface area contributed by atoms with Gasteiger partial charge >= 0.3 is 5.97 Å². The SMILES string of the molecule is CC1=C(CC(=O)OC23CC4CC(C2)C(=O)C(C4)C3)CCC1(C)CS(=O)(=O)[O-]. The Morgan fingerprint density at radius 2 is 1.85 bits per heavy atom. The number of Topliss-reactive ketones (excluding diaryl/α,β-unsaturated/α-hetero) is 1. The van der Waals surface area contributed by atoms with E-state index in [0.717, 1.165) is 30.4 Å². The number of carbonyl (C=O) groups excluding carboxylic acids is 2. The lowest BCUT2D eigenvalue weighted by Gasteiger charge is -2.54. The van der Waals surface area contributed by atoms with Gasteiger partial charge in [0.25, 0.3) is 0 Å². The molecule has 3 unspecified atom stereocenters. The highest BCUT2D eigenvalue weighted by Gasteiger charge is 2.57. The molecule has 150 valence electrons. The molecule has 0 aromatic rings. The van der Waals surface area contributed by atoms with Gasteiger partial charge in [-0.25, -0.2) is 8.42 Å². The fourth-order valence-corrected chi connectivity index (χ4v) is 7.41. The third kappa shape index (κ3) is 3.48. The Morgan fingerprint density at radius 3 is 2.44 bits per heavy atom. The van der Waals surface area contributed by atoms with Crippen LogP contribution in [0.2, 0.25) is 0 Å². The van der Waals surface area contributed by atoms with Gasteiger partial charge in [-0.1, -0.05) is 18.1 Å². The molecule has 4 saturated carbocycles. The van der Waals surface area contributed by atoms with Crippen LogP contribution in [-0.2, 0) is 24.4 Å². The number of hydrogen-bond acceptors (Lipinski definition) is 6. The minimum absolute atomic E-state index is 0.0574. The first kappa shape index (κ1) is 19.1. The largest absolute Gasteiger partial charge is 0.748 e. The highest BCUT2D eigenvalue weighted by Crippen LogP contribution is 2.56. The van der Waals surface area contributed by atoms with Crippen LogP contribution >= 0.6 is 0 Å². The van der Waals surface area contributed by atoms with Crippen LogP contribution < -0.4 is 0 Å². The Balaban J connectivity index is 1.45. The van der Waals surface area contributed by atoms with Crippen molar-refractivity contribution in [3.63, 3.8) is 0 Å². The highest BCUT2D eigenvalue weighted by atomic mass is 32.2. The molecular formula is C20H27O6S-. The predicted molar refractivity (Wildman–Crippen MR) is 96.6 cm³/mol. The highest BCUT2D eigenvalue weighted by molar-refractivity contribution is 7.85. The number of esters is 1. The van der Waals surface area contributed by atoms with E-state index in [2.05, 4.69) is 0 Å². The molecule has 0 heterocycles. The van der Waals surface area contributed by atoms with Crippen molar-refractivity contribution in [3.8, 4) is 0 Å². The van der Waals surface area contributed by atoms with E-state index in [4.69, 9.17) is 4.74 Å². The summed E-state index contributed by atoms with van der Waals surface area (Å²) in [5.41, 5.74) is 0.561. The van der Waals surface area contributed by atoms with E-state index in [9.17, 15) is 22.6 Å². The maximum absolute atomic E-state index is 12.7. The summed E-state index contributed by atoms with van der Waals surface area (Å²) in [4.78, 5) is 25.0. The molecule has 5 aliphatic rings. The molecule has 27 heavy (non-hydrogen) atoms. The van der Waals surface area contributed by atoms with Crippen molar-refractivity contribution in [3.05, 3.63) is 11.1 Å². The van der Waals surface area contributed by atoms with Crippen molar-refractivity contribution in [1.82, 2.24) is 0 Å². The number of ketones is 1. The van der Waals surface area contributed by atoms with Crippen molar-refractivity contribution >= 4 is 21.9 Å². The van der Waals surface area contributed by atoms with Gasteiger partial charge in [0, 0.05) is 23.0 Å². The Morgan fingerprint density at radius 1 is 1.22 bits per heavy atom. The zero-order chi connectivity index (χ0) is 19.6. The fraction of sp³-hybridized carbons (Fsp3) is 0.800. The monoisotopic (exact) mass is 395 g/mol. The topological polar surface area (TPSA) is 101 Å². The van der Waals surface area contributed by atoms with Crippen LogP contribution in [-0.4, -0.2) is 36.1 Å². The van der Waals surface area contributed by atoms with Gasteiger partial charge in [0.1, 0.15) is 11.4 Å². The minimum atomic E-state index is -4.32. The molecule has 6 nitrogen and oxygen atoms in total. The molecule has 3 atom stereocenters. The van der Waals surface area contributed by atoms with E-state index in [1.807, 2.05) is 6.92 Å². The first-order valence-electron chi connectivity index (χ1n) is 9.87. The second-order valence-corrected chi connectivity index (χ2v) is 11.0. The van der Waals surface area contributed by atoms with Crippen LogP contribution in [0.25, 0.3) is 0 Å². The molecule has 5 rings (SSSR count). The Bertz CT molecular complexity index is 807. The molecule has 0 spiro atoms. The quantitative estimate of drug-likeness (QED) is 0.403. The van der Waals surface area contributed by atoms with Gasteiger partial charge in [-0.3, -0.25) is 9.59 Å². The summed E-state index contributed by atoms with van der Waals surface area (Å²) in [6, 6.07) is 0. The van der Waals surface area contributed by atoms with Gasteiger partial charge in [0.2, 0.25) is 0 Å². The number of rotatable bonds is 5. The van der Waals surface area contributed by atoms with E-state index in [0.29, 0.717) is 37.4 Å². The number of hydrogen-bond donors (Lipinski definition) is 0. The minimum Gasteiger partial charge on any atom is -0.748 e. The lowest BCUT2D eigenvalue weighted by atomic mass is 9.53. The smallest absolute Gasteiger partial charge is 0.310 e. The average molecular weight is 395 g/mol. The summed E-state index contributed by atoms with van der Waals surface area (Å²) in [5, 5.41) is 0. The first-order chi connectivity index (χ1) is 12.5. The molecule has 0 aromatic carbocycles. The second kappa shape index (κ2) is 6.14. The standard InChI is InChI=1S/C20H28O6S/c1-12-14(3-4-19(12,2)11-27(23,24)25)7-17(21)26-20-8-13-5-15(9-20)18(22)16(6-13)10-20/h13,15-16H,3-11H2,1-2H3,(H,23,24,25)/p-1.